The summed E-state index contributed by atoms with van der Waals surface area (Å²) in [5.74, 6) is -0.822. The third-order valence-corrected chi connectivity index (χ3v) is 5.46. The number of hydrogen-bond donors (Lipinski definition) is 1. The highest BCUT2D eigenvalue weighted by Gasteiger charge is 2.22. The highest BCUT2D eigenvalue weighted by molar-refractivity contribution is 7.17. The van der Waals surface area contributed by atoms with Crippen LogP contribution in [0.25, 0.3) is 10.6 Å². The predicted molar refractivity (Wildman–Crippen MR) is 123 cm³/mol. The smallest absolute Gasteiger partial charge is 0.410 e. The summed E-state index contributed by atoms with van der Waals surface area (Å²) >= 11 is 1.15. The zero-order valence-electron chi connectivity index (χ0n) is 18.6. The van der Waals surface area contributed by atoms with Crippen molar-refractivity contribution in [2.45, 2.75) is 32.9 Å². The lowest BCUT2D eigenvalue weighted by atomic mass is 10.2. The fourth-order valence-electron chi connectivity index (χ4n) is 2.84. The molecule has 174 valence electrons. The van der Waals surface area contributed by atoms with Crippen LogP contribution in [-0.4, -0.2) is 45.8 Å². The molecule has 7 nitrogen and oxygen atoms in total. The normalized spacial score (nSPS) is 11.2. The first-order valence-electron chi connectivity index (χ1n) is 10.3. The molecule has 2 aromatic heterocycles. The van der Waals surface area contributed by atoms with Crippen LogP contribution < -0.4 is 4.74 Å². The van der Waals surface area contributed by atoms with Crippen molar-refractivity contribution in [3.05, 3.63) is 71.0 Å². The van der Waals surface area contributed by atoms with Gasteiger partial charge in [-0.1, -0.05) is 6.07 Å². The van der Waals surface area contributed by atoms with E-state index in [0.717, 1.165) is 21.8 Å². The highest BCUT2D eigenvalue weighted by Crippen LogP contribution is 2.27. The largest absolute Gasteiger partial charge is 0.492 e. The minimum absolute atomic E-state index is 0.198. The first kappa shape index (κ1) is 24.2. The number of carboxylic acids is 1. The maximum atomic E-state index is 13.1. The summed E-state index contributed by atoms with van der Waals surface area (Å²) < 4.78 is 24.2. The Morgan fingerprint density at radius 3 is 2.39 bits per heavy atom. The van der Waals surface area contributed by atoms with E-state index < -0.39 is 17.7 Å². The monoisotopic (exact) mass is 472 g/mol. The van der Waals surface area contributed by atoms with Crippen molar-refractivity contribution < 1.29 is 28.6 Å². The van der Waals surface area contributed by atoms with Gasteiger partial charge in [0.25, 0.3) is 0 Å². The number of nitrogens with zero attached hydrogens (tertiary/aromatic N) is 2. The van der Waals surface area contributed by atoms with Gasteiger partial charge in [0.15, 0.2) is 0 Å². The van der Waals surface area contributed by atoms with Gasteiger partial charge in [0, 0.05) is 6.20 Å². The van der Waals surface area contributed by atoms with Gasteiger partial charge in [-0.3, -0.25) is 4.98 Å². The maximum absolute atomic E-state index is 13.1. The number of carbonyl (C=O) groups is 2. The molecule has 9 heteroatoms. The molecule has 0 bridgehead atoms. The number of aromatic nitrogens is 1. The van der Waals surface area contributed by atoms with Gasteiger partial charge >= 0.3 is 12.1 Å². The number of aromatic carboxylic acids is 1. The quantitative estimate of drug-likeness (QED) is 0.468. The molecule has 0 aliphatic carbocycles. The summed E-state index contributed by atoms with van der Waals surface area (Å²) in [6, 6.07) is 12.5. The molecular formula is C24H25FN2O5S. The summed E-state index contributed by atoms with van der Waals surface area (Å²) in [4.78, 5) is 30.7. The Bertz CT molecular complexity index is 1090. The number of thiophene rings is 1. The van der Waals surface area contributed by atoms with Gasteiger partial charge in [0.05, 0.1) is 23.7 Å². The Kier molecular flexibility index (Phi) is 7.65. The number of benzene rings is 1. The Morgan fingerprint density at radius 1 is 1.09 bits per heavy atom. The van der Waals surface area contributed by atoms with E-state index in [-0.39, 0.29) is 30.4 Å². The number of rotatable bonds is 8. The topological polar surface area (TPSA) is 89.0 Å². The number of ether oxygens (including phenoxy) is 2. The second kappa shape index (κ2) is 10.4. The summed E-state index contributed by atoms with van der Waals surface area (Å²) in [6.07, 6.45) is 1.16. The fourth-order valence-corrected chi connectivity index (χ4v) is 3.66. The van der Waals surface area contributed by atoms with E-state index >= 15 is 0 Å². The molecule has 3 rings (SSSR count). The summed E-state index contributed by atoms with van der Waals surface area (Å²) in [5.41, 5.74) is 0.775. The van der Waals surface area contributed by atoms with Crippen molar-refractivity contribution in [2.24, 2.45) is 0 Å². The molecule has 0 unspecified atom stereocenters. The lowest BCUT2D eigenvalue weighted by molar-refractivity contribution is 0.0209. The van der Waals surface area contributed by atoms with Crippen molar-refractivity contribution in [1.82, 2.24) is 9.88 Å². The van der Waals surface area contributed by atoms with Crippen LogP contribution >= 0.6 is 11.3 Å². The number of halogens is 1. The average Bonchev–Trinajstić information content (AvgIpc) is 3.24. The van der Waals surface area contributed by atoms with Crippen LogP contribution in [0.2, 0.25) is 0 Å². The molecule has 1 N–H and O–H groups in total. The Morgan fingerprint density at radius 2 is 1.82 bits per heavy atom. The van der Waals surface area contributed by atoms with E-state index in [9.17, 15) is 14.0 Å². The maximum Gasteiger partial charge on any atom is 0.410 e. The number of carboxylic acid groups (broad SMARTS) is 1. The van der Waals surface area contributed by atoms with Gasteiger partial charge in [-0.15, -0.1) is 11.3 Å². The number of carbonyl (C=O) groups excluding carboxylic acids is 1. The van der Waals surface area contributed by atoms with Gasteiger partial charge in [-0.2, -0.15) is 0 Å². The fraction of sp³-hybridized carbons (Fsp3) is 0.292. The average molecular weight is 473 g/mol. The molecule has 2 heterocycles. The Balaban J connectivity index is 1.68. The summed E-state index contributed by atoms with van der Waals surface area (Å²) in [7, 11) is 0. The second-order valence-corrected chi connectivity index (χ2v) is 9.31. The first-order valence-corrected chi connectivity index (χ1v) is 11.1. The van der Waals surface area contributed by atoms with Gasteiger partial charge in [0.1, 0.15) is 28.7 Å². The van der Waals surface area contributed by atoms with Crippen LogP contribution in [0.1, 0.15) is 36.0 Å². The van der Waals surface area contributed by atoms with Crippen molar-refractivity contribution in [3.8, 4) is 16.3 Å². The van der Waals surface area contributed by atoms with Crippen LogP contribution in [0.4, 0.5) is 9.18 Å². The molecule has 33 heavy (non-hydrogen) atoms. The van der Waals surface area contributed by atoms with E-state index in [4.69, 9.17) is 14.6 Å². The lowest BCUT2D eigenvalue weighted by Crippen LogP contribution is -2.38. The van der Waals surface area contributed by atoms with E-state index in [2.05, 4.69) is 4.98 Å². The number of amides is 1. The van der Waals surface area contributed by atoms with E-state index in [1.165, 1.54) is 29.2 Å². The summed E-state index contributed by atoms with van der Waals surface area (Å²) in [6.45, 7) is 6.08. The Hall–Kier alpha value is -3.46. The van der Waals surface area contributed by atoms with Crippen LogP contribution in [0.15, 0.2) is 54.7 Å². The highest BCUT2D eigenvalue weighted by atomic mass is 32.1. The van der Waals surface area contributed by atoms with Gasteiger partial charge in [0.2, 0.25) is 0 Å². The molecule has 3 aromatic rings. The molecule has 0 aliphatic rings. The number of pyridine rings is 1. The molecule has 0 saturated carbocycles. The SMILES string of the molecule is CC(C)(C)OC(=O)N(CCOc1ccc(F)cc1)Cc1ccc(-c2ccc(C(=O)O)s2)nc1. The van der Waals surface area contributed by atoms with Gasteiger partial charge in [-0.25, -0.2) is 14.0 Å². The van der Waals surface area contributed by atoms with Crippen molar-refractivity contribution in [3.63, 3.8) is 0 Å². The minimum atomic E-state index is -0.973. The standard InChI is InChI=1S/C24H25FN2O5S/c1-24(2,3)32-23(30)27(12-13-31-18-7-5-17(25)6-8-18)15-16-4-9-19(26-14-16)20-10-11-21(33-20)22(28)29/h4-11,14H,12-13,15H2,1-3H3,(H,28,29). The zero-order chi connectivity index (χ0) is 24.0. The van der Waals surface area contributed by atoms with E-state index in [1.807, 2.05) is 6.07 Å². The molecule has 0 atom stereocenters. The molecule has 0 radical (unpaired) electrons. The molecule has 0 aliphatic heterocycles. The molecule has 0 saturated heterocycles. The molecule has 1 amide bonds. The van der Waals surface area contributed by atoms with E-state index in [1.54, 1.807) is 45.2 Å². The second-order valence-electron chi connectivity index (χ2n) is 8.23. The van der Waals surface area contributed by atoms with Crippen LogP contribution in [0, 0.1) is 5.82 Å². The predicted octanol–water partition coefficient (Wildman–Crippen LogP) is 5.46. The molecule has 0 spiro atoms. The van der Waals surface area contributed by atoms with Crippen molar-refractivity contribution in [2.75, 3.05) is 13.2 Å². The van der Waals surface area contributed by atoms with Crippen molar-refractivity contribution >= 4 is 23.4 Å². The third kappa shape index (κ3) is 7.28. The third-order valence-electron chi connectivity index (χ3n) is 4.36. The van der Waals surface area contributed by atoms with Crippen LogP contribution in [-0.2, 0) is 11.3 Å². The van der Waals surface area contributed by atoms with Gasteiger partial charge < -0.3 is 19.5 Å². The van der Waals surface area contributed by atoms with Gasteiger partial charge in [-0.05, 0) is 68.8 Å². The Labute approximate surface area is 195 Å². The van der Waals surface area contributed by atoms with E-state index in [0.29, 0.717) is 11.4 Å². The molecular weight excluding hydrogens is 447 g/mol. The zero-order valence-corrected chi connectivity index (χ0v) is 19.4. The first-order chi connectivity index (χ1) is 15.6. The van der Waals surface area contributed by atoms with Crippen molar-refractivity contribution in [1.29, 1.82) is 0 Å². The van der Waals surface area contributed by atoms with Crippen LogP contribution in [0.5, 0.6) is 5.75 Å². The lowest BCUT2D eigenvalue weighted by Gasteiger charge is -2.27. The van der Waals surface area contributed by atoms with Crippen LogP contribution in [0.3, 0.4) is 0 Å². The molecule has 1 aromatic carbocycles. The number of hydrogen-bond acceptors (Lipinski definition) is 6. The summed E-state index contributed by atoms with van der Waals surface area (Å²) in [5, 5.41) is 9.09. The minimum Gasteiger partial charge on any atom is -0.492 e. The molecule has 0 fully saturated rings.